The fourth-order valence-corrected chi connectivity index (χ4v) is 2.44. The van der Waals surface area contributed by atoms with Gasteiger partial charge in [0.1, 0.15) is 0 Å². The molecule has 0 spiro atoms. The van der Waals surface area contributed by atoms with Gasteiger partial charge in [-0.1, -0.05) is 19.8 Å². The predicted molar refractivity (Wildman–Crippen MR) is 56.1 cm³/mol. The van der Waals surface area contributed by atoms with Gasteiger partial charge in [-0.25, -0.2) is 0 Å². The molecule has 0 aromatic rings. The van der Waals surface area contributed by atoms with E-state index in [1.54, 1.807) is 0 Å². The van der Waals surface area contributed by atoms with Crippen molar-refractivity contribution < 1.29 is 9.53 Å². The van der Waals surface area contributed by atoms with Crippen LogP contribution in [0.2, 0.25) is 0 Å². The third-order valence-corrected chi connectivity index (χ3v) is 3.43. The number of methoxy groups -OCH3 is 1. The van der Waals surface area contributed by atoms with Crippen molar-refractivity contribution in [2.24, 2.45) is 5.41 Å². The Labute approximate surface area is 86.2 Å². The van der Waals surface area contributed by atoms with Gasteiger partial charge in [-0.05, 0) is 26.3 Å². The number of rotatable bonds is 5. The summed E-state index contributed by atoms with van der Waals surface area (Å²) in [7, 11) is 3.42. The minimum Gasteiger partial charge on any atom is -0.469 e. The zero-order valence-electron chi connectivity index (χ0n) is 9.43. The van der Waals surface area contributed by atoms with Gasteiger partial charge in [-0.3, -0.25) is 4.79 Å². The summed E-state index contributed by atoms with van der Waals surface area (Å²) < 4.78 is 4.91. The summed E-state index contributed by atoms with van der Waals surface area (Å²) in [4.78, 5) is 11.7. The largest absolute Gasteiger partial charge is 0.469 e. The number of hydrogen-bond acceptors (Lipinski definition) is 3. The number of carbonyl (C=O) groups excluding carboxylic acids is 1. The summed E-state index contributed by atoms with van der Waals surface area (Å²) >= 11 is 0. The Morgan fingerprint density at radius 2 is 2.21 bits per heavy atom. The van der Waals surface area contributed by atoms with Crippen molar-refractivity contribution in [3.8, 4) is 0 Å². The highest BCUT2D eigenvalue weighted by Crippen LogP contribution is 2.46. The van der Waals surface area contributed by atoms with Gasteiger partial charge in [0.05, 0.1) is 12.5 Å². The van der Waals surface area contributed by atoms with Crippen molar-refractivity contribution >= 4 is 5.97 Å². The van der Waals surface area contributed by atoms with Crippen LogP contribution in [0.15, 0.2) is 0 Å². The molecule has 0 aliphatic heterocycles. The number of carbonyl (C=O) groups is 1. The normalized spacial score (nSPS) is 21.1. The third kappa shape index (κ3) is 1.78. The highest BCUT2D eigenvalue weighted by Gasteiger charge is 2.50. The zero-order chi connectivity index (χ0) is 10.6. The second-order valence-corrected chi connectivity index (χ2v) is 4.13. The van der Waals surface area contributed by atoms with Crippen molar-refractivity contribution in [3.63, 3.8) is 0 Å². The maximum atomic E-state index is 11.7. The molecule has 0 amide bonds. The van der Waals surface area contributed by atoms with E-state index in [-0.39, 0.29) is 17.4 Å². The molecule has 0 heterocycles. The monoisotopic (exact) mass is 199 g/mol. The fourth-order valence-electron chi connectivity index (χ4n) is 2.44. The Morgan fingerprint density at radius 1 is 1.57 bits per heavy atom. The molecule has 0 saturated heterocycles. The van der Waals surface area contributed by atoms with E-state index in [0.717, 1.165) is 32.1 Å². The lowest BCUT2D eigenvalue weighted by Gasteiger charge is -2.45. The highest BCUT2D eigenvalue weighted by atomic mass is 16.5. The molecule has 3 nitrogen and oxygen atoms in total. The van der Waals surface area contributed by atoms with Crippen LogP contribution < -0.4 is 5.32 Å². The first kappa shape index (κ1) is 11.5. The number of nitrogens with one attached hydrogen (secondary N) is 1. The van der Waals surface area contributed by atoms with Crippen molar-refractivity contribution in [1.29, 1.82) is 0 Å². The Kier molecular flexibility index (Phi) is 3.93. The lowest BCUT2D eigenvalue weighted by atomic mass is 9.63. The van der Waals surface area contributed by atoms with Crippen molar-refractivity contribution in [3.05, 3.63) is 0 Å². The molecule has 0 aromatic carbocycles. The van der Waals surface area contributed by atoms with E-state index in [9.17, 15) is 4.79 Å². The Morgan fingerprint density at radius 3 is 2.50 bits per heavy atom. The fraction of sp³-hybridized carbons (Fsp3) is 0.909. The summed E-state index contributed by atoms with van der Waals surface area (Å²) in [5.74, 6) is -0.0310. The van der Waals surface area contributed by atoms with Gasteiger partial charge in [0.15, 0.2) is 0 Å². The lowest BCUT2D eigenvalue weighted by Crippen LogP contribution is -2.53. The molecule has 0 aromatic heterocycles. The van der Waals surface area contributed by atoms with E-state index in [4.69, 9.17) is 4.74 Å². The molecular weight excluding hydrogens is 178 g/mol. The molecule has 1 unspecified atom stereocenters. The second-order valence-electron chi connectivity index (χ2n) is 4.13. The number of hydrogen-bond donors (Lipinski definition) is 1. The minimum atomic E-state index is -0.223. The average Bonchev–Trinajstić information content (AvgIpc) is 2.14. The molecule has 1 N–H and O–H groups in total. The smallest absolute Gasteiger partial charge is 0.313 e. The summed E-state index contributed by atoms with van der Waals surface area (Å²) in [5.41, 5.74) is -0.223. The molecular formula is C11H21NO2. The van der Waals surface area contributed by atoms with Crippen molar-refractivity contribution in [2.75, 3.05) is 14.2 Å². The molecule has 14 heavy (non-hydrogen) atoms. The highest BCUT2D eigenvalue weighted by molar-refractivity contribution is 5.78. The van der Waals surface area contributed by atoms with Gasteiger partial charge in [0, 0.05) is 6.04 Å². The maximum Gasteiger partial charge on any atom is 0.313 e. The van der Waals surface area contributed by atoms with Gasteiger partial charge in [0.25, 0.3) is 0 Å². The Bertz CT molecular complexity index is 199. The maximum absolute atomic E-state index is 11.7. The third-order valence-electron chi connectivity index (χ3n) is 3.43. The van der Waals surface area contributed by atoms with E-state index in [2.05, 4.69) is 12.2 Å². The van der Waals surface area contributed by atoms with Crippen LogP contribution in [0.25, 0.3) is 0 Å². The second kappa shape index (κ2) is 4.78. The number of esters is 1. The molecule has 1 aliphatic rings. The standard InChI is InChI=1S/C11H21NO2/c1-4-6-9(12-2)11(7-5-8-11)10(13)14-3/h9,12H,4-8H2,1-3H3. The van der Waals surface area contributed by atoms with Crippen LogP contribution in [0.4, 0.5) is 0 Å². The molecule has 1 fully saturated rings. The molecule has 1 rings (SSSR count). The lowest BCUT2D eigenvalue weighted by molar-refractivity contribution is -0.161. The summed E-state index contributed by atoms with van der Waals surface area (Å²) in [6.45, 7) is 2.15. The van der Waals surface area contributed by atoms with E-state index in [1.807, 2.05) is 7.05 Å². The number of ether oxygens (including phenoxy) is 1. The first-order valence-corrected chi connectivity index (χ1v) is 5.47. The van der Waals surface area contributed by atoms with Crippen molar-refractivity contribution in [1.82, 2.24) is 5.32 Å². The van der Waals surface area contributed by atoms with Crippen LogP contribution in [0.1, 0.15) is 39.0 Å². The molecule has 0 bridgehead atoms. The minimum absolute atomic E-state index is 0.0310. The molecule has 1 saturated carbocycles. The topological polar surface area (TPSA) is 38.3 Å². The molecule has 1 aliphatic carbocycles. The van der Waals surface area contributed by atoms with Crippen LogP contribution in [-0.2, 0) is 9.53 Å². The van der Waals surface area contributed by atoms with Crippen LogP contribution in [0, 0.1) is 5.41 Å². The van der Waals surface area contributed by atoms with Gasteiger partial charge in [-0.15, -0.1) is 0 Å². The molecule has 0 radical (unpaired) electrons. The van der Waals surface area contributed by atoms with Gasteiger partial charge >= 0.3 is 5.97 Å². The zero-order valence-corrected chi connectivity index (χ0v) is 9.43. The SMILES string of the molecule is CCCC(NC)C1(C(=O)OC)CCC1. The van der Waals surface area contributed by atoms with Crippen molar-refractivity contribution in [2.45, 2.75) is 45.1 Å². The van der Waals surface area contributed by atoms with E-state index in [0.29, 0.717) is 0 Å². The Hall–Kier alpha value is -0.570. The van der Waals surface area contributed by atoms with Crippen LogP contribution in [-0.4, -0.2) is 26.2 Å². The van der Waals surface area contributed by atoms with Crippen LogP contribution >= 0.6 is 0 Å². The van der Waals surface area contributed by atoms with Crippen LogP contribution in [0.3, 0.4) is 0 Å². The van der Waals surface area contributed by atoms with Gasteiger partial charge in [-0.2, -0.15) is 0 Å². The average molecular weight is 199 g/mol. The first-order valence-electron chi connectivity index (χ1n) is 5.47. The molecule has 82 valence electrons. The van der Waals surface area contributed by atoms with E-state index >= 15 is 0 Å². The molecule has 3 heteroatoms. The van der Waals surface area contributed by atoms with Crippen LogP contribution in [0.5, 0.6) is 0 Å². The van der Waals surface area contributed by atoms with Gasteiger partial charge < -0.3 is 10.1 Å². The quantitative estimate of drug-likeness (QED) is 0.685. The Balaban J connectivity index is 2.71. The predicted octanol–water partition coefficient (Wildman–Crippen LogP) is 1.72. The summed E-state index contributed by atoms with van der Waals surface area (Å²) in [6.07, 6.45) is 5.25. The summed E-state index contributed by atoms with van der Waals surface area (Å²) in [5, 5.41) is 3.26. The van der Waals surface area contributed by atoms with E-state index in [1.165, 1.54) is 7.11 Å². The molecule has 1 atom stereocenters. The van der Waals surface area contributed by atoms with Gasteiger partial charge in [0.2, 0.25) is 0 Å². The first-order chi connectivity index (χ1) is 6.71. The summed E-state index contributed by atoms with van der Waals surface area (Å²) in [6, 6.07) is 0.286. The van der Waals surface area contributed by atoms with E-state index < -0.39 is 0 Å².